The number of rotatable bonds is 2. The van der Waals surface area contributed by atoms with E-state index in [9.17, 15) is 19.2 Å². The molecule has 0 amide bonds. The molecular formula is C31H20O5S. The van der Waals surface area contributed by atoms with Gasteiger partial charge in [0.15, 0.2) is 11.6 Å². The normalized spacial score (nSPS) is 22.7. The van der Waals surface area contributed by atoms with Crippen molar-refractivity contribution in [3.63, 3.8) is 0 Å². The van der Waals surface area contributed by atoms with Crippen LogP contribution in [0.25, 0.3) is 0 Å². The van der Waals surface area contributed by atoms with Crippen LogP contribution in [-0.4, -0.2) is 28.7 Å². The summed E-state index contributed by atoms with van der Waals surface area (Å²) in [5, 5.41) is 1.82. The summed E-state index contributed by atoms with van der Waals surface area (Å²) in [7, 11) is 0. The van der Waals surface area contributed by atoms with Gasteiger partial charge in [-0.1, -0.05) is 84.4 Å². The molecular weight excluding hydrogens is 484 g/mol. The Balaban J connectivity index is 1.58. The molecule has 4 aromatic rings. The average Bonchev–Trinajstić information content (AvgIpc) is 3.65. The number of fused-ring (bicyclic) bond motifs is 2. The molecule has 1 saturated heterocycles. The number of ketones is 4. The van der Waals surface area contributed by atoms with Crippen molar-refractivity contribution in [3.8, 4) is 0 Å². The van der Waals surface area contributed by atoms with E-state index >= 15 is 0 Å². The molecule has 7 rings (SSSR count). The van der Waals surface area contributed by atoms with E-state index in [1.165, 1.54) is 11.3 Å². The maximum absolute atomic E-state index is 14.5. The molecule has 0 radical (unpaired) electrons. The van der Waals surface area contributed by atoms with Gasteiger partial charge in [-0.3, -0.25) is 19.2 Å². The van der Waals surface area contributed by atoms with Gasteiger partial charge in [-0.2, -0.15) is 0 Å². The van der Waals surface area contributed by atoms with Crippen LogP contribution in [0.1, 0.15) is 69.5 Å². The van der Waals surface area contributed by atoms with Crippen molar-refractivity contribution in [2.45, 2.75) is 24.5 Å². The SMILES string of the molecule is Cc1ccc([C@H]2OC3(C(=O)c4ccccc4C3=O)[C@@H](c3cccs3)C23C(=O)c2ccccc2C3=O)cc1. The second kappa shape index (κ2) is 7.51. The maximum Gasteiger partial charge on any atom is 0.204 e. The van der Waals surface area contributed by atoms with Gasteiger partial charge in [0.25, 0.3) is 0 Å². The van der Waals surface area contributed by atoms with E-state index in [4.69, 9.17) is 4.74 Å². The molecule has 0 bridgehead atoms. The van der Waals surface area contributed by atoms with Gasteiger partial charge in [0, 0.05) is 27.1 Å². The standard InChI is InChI=1S/C31H20O5S/c1-17-12-14-18(15-13-17)29-30(25(32)19-7-2-3-8-20(19)26(30)33)24(23-11-6-16-37-23)31(36-29)27(34)21-9-4-5-10-22(21)28(31)35/h2-16,24,29H,1H3/t24-,29+/m0/s1. The molecule has 37 heavy (non-hydrogen) atoms. The Bertz CT molecular complexity index is 1580. The Morgan fingerprint density at radius 3 is 1.65 bits per heavy atom. The number of thiophene rings is 1. The molecule has 3 aliphatic rings. The molecule has 2 atom stereocenters. The minimum atomic E-state index is -2.03. The largest absolute Gasteiger partial charge is 0.348 e. The lowest BCUT2D eigenvalue weighted by atomic mass is 9.61. The molecule has 1 fully saturated rings. The van der Waals surface area contributed by atoms with Crippen LogP contribution < -0.4 is 0 Å². The average molecular weight is 505 g/mol. The lowest BCUT2D eigenvalue weighted by Crippen LogP contribution is -2.50. The van der Waals surface area contributed by atoms with E-state index in [0.717, 1.165) is 5.56 Å². The molecule has 0 saturated carbocycles. The first kappa shape index (κ1) is 22.2. The highest BCUT2D eigenvalue weighted by Gasteiger charge is 2.79. The van der Waals surface area contributed by atoms with Gasteiger partial charge in [-0.15, -0.1) is 11.3 Å². The Morgan fingerprint density at radius 2 is 1.16 bits per heavy atom. The molecule has 0 unspecified atom stereocenters. The first-order valence-electron chi connectivity index (χ1n) is 12.1. The Hall–Kier alpha value is -4.00. The highest BCUT2D eigenvalue weighted by molar-refractivity contribution is 7.10. The minimum absolute atomic E-state index is 0.254. The van der Waals surface area contributed by atoms with E-state index in [-0.39, 0.29) is 11.1 Å². The van der Waals surface area contributed by atoms with E-state index in [1.54, 1.807) is 60.7 Å². The molecule has 1 aromatic heterocycles. The Kier molecular flexibility index (Phi) is 4.51. The molecule has 5 nitrogen and oxygen atoms in total. The van der Waals surface area contributed by atoms with Crippen LogP contribution in [0.2, 0.25) is 0 Å². The molecule has 6 heteroatoms. The van der Waals surface area contributed by atoms with Crippen LogP contribution in [0.15, 0.2) is 90.3 Å². The fraction of sp³-hybridized carbons (Fsp3) is 0.161. The van der Waals surface area contributed by atoms with Gasteiger partial charge in [0.2, 0.25) is 17.2 Å². The first-order chi connectivity index (χ1) is 17.9. The van der Waals surface area contributed by atoms with Gasteiger partial charge < -0.3 is 4.74 Å². The fourth-order valence-corrected chi connectivity index (χ4v) is 7.41. The summed E-state index contributed by atoms with van der Waals surface area (Å²) in [5.41, 5.74) is -1.17. The summed E-state index contributed by atoms with van der Waals surface area (Å²) in [6, 6.07) is 24.3. The number of ether oxygens (including phenoxy) is 1. The number of hydrogen-bond acceptors (Lipinski definition) is 6. The second-order valence-electron chi connectivity index (χ2n) is 9.87. The Morgan fingerprint density at radius 1 is 0.649 bits per heavy atom. The maximum atomic E-state index is 14.5. The highest BCUT2D eigenvalue weighted by Crippen LogP contribution is 2.68. The van der Waals surface area contributed by atoms with E-state index < -0.39 is 46.2 Å². The molecule has 2 aliphatic carbocycles. The summed E-state index contributed by atoms with van der Waals surface area (Å²) in [6.07, 6.45) is -1.13. The first-order valence-corrected chi connectivity index (χ1v) is 13.0. The van der Waals surface area contributed by atoms with Crippen LogP contribution in [0.4, 0.5) is 0 Å². The quantitative estimate of drug-likeness (QED) is 0.323. The van der Waals surface area contributed by atoms with Crippen molar-refractivity contribution < 1.29 is 23.9 Å². The molecule has 0 N–H and O–H groups in total. The third-order valence-electron chi connectivity index (χ3n) is 8.05. The van der Waals surface area contributed by atoms with Gasteiger partial charge >= 0.3 is 0 Å². The van der Waals surface area contributed by atoms with E-state index in [2.05, 4.69) is 0 Å². The monoisotopic (exact) mass is 504 g/mol. The lowest BCUT2D eigenvalue weighted by molar-refractivity contribution is -0.0209. The zero-order chi connectivity index (χ0) is 25.5. The fourth-order valence-electron chi connectivity index (χ4n) is 6.45. The van der Waals surface area contributed by atoms with Crippen molar-refractivity contribution in [1.29, 1.82) is 0 Å². The summed E-state index contributed by atoms with van der Waals surface area (Å²) >= 11 is 1.32. The Labute approximate surface area is 216 Å². The summed E-state index contributed by atoms with van der Waals surface area (Å²) < 4.78 is 6.66. The van der Waals surface area contributed by atoms with Crippen LogP contribution >= 0.6 is 11.3 Å². The number of aryl methyl sites for hydroxylation is 1. The van der Waals surface area contributed by atoms with Gasteiger partial charge in [0.05, 0.1) is 5.92 Å². The summed E-state index contributed by atoms with van der Waals surface area (Å²) in [5.74, 6) is -2.95. The minimum Gasteiger partial charge on any atom is -0.348 e. The zero-order valence-corrected chi connectivity index (χ0v) is 20.6. The van der Waals surface area contributed by atoms with Gasteiger partial charge in [0.1, 0.15) is 11.5 Å². The highest BCUT2D eigenvalue weighted by atomic mass is 32.1. The molecule has 1 aliphatic heterocycles. The van der Waals surface area contributed by atoms with Crippen molar-refractivity contribution in [2.75, 3.05) is 0 Å². The summed E-state index contributed by atoms with van der Waals surface area (Å²) in [4.78, 5) is 58.0. The van der Waals surface area contributed by atoms with Crippen molar-refractivity contribution in [3.05, 3.63) is 129 Å². The van der Waals surface area contributed by atoms with Gasteiger partial charge in [-0.05, 0) is 23.9 Å². The molecule has 180 valence electrons. The van der Waals surface area contributed by atoms with Crippen LogP contribution in [0.3, 0.4) is 0 Å². The summed E-state index contributed by atoms with van der Waals surface area (Å²) in [6.45, 7) is 1.94. The zero-order valence-electron chi connectivity index (χ0n) is 19.8. The van der Waals surface area contributed by atoms with Gasteiger partial charge in [-0.25, -0.2) is 0 Å². The van der Waals surface area contributed by atoms with E-state index in [0.29, 0.717) is 21.6 Å². The van der Waals surface area contributed by atoms with Crippen molar-refractivity contribution in [1.82, 2.24) is 0 Å². The molecule has 3 aromatic carbocycles. The van der Waals surface area contributed by atoms with Crippen LogP contribution in [0.5, 0.6) is 0 Å². The van der Waals surface area contributed by atoms with Crippen molar-refractivity contribution in [2.24, 2.45) is 5.41 Å². The smallest absolute Gasteiger partial charge is 0.204 e. The predicted molar refractivity (Wildman–Crippen MR) is 137 cm³/mol. The lowest BCUT2D eigenvalue weighted by Gasteiger charge is -2.33. The topological polar surface area (TPSA) is 77.5 Å². The number of hydrogen-bond donors (Lipinski definition) is 0. The predicted octanol–water partition coefficient (Wildman–Crippen LogP) is 5.80. The van der Waals surface area contributed by atoms with Crippen molar-refractivity contribution >= 4 is 34.5 Å². The second-order valence-corrected chi connectivity index (χ2v) is 10.8. The molecule has 2 heterocycles. The van der Waals surface area contributed by atoms with Crippen LogP contribution in [-0.2, 0) is 4.74 Å². The number of carbonyl (C=O) groups excluding carboxylic acids is 4. The third kappa shape index (κ3) is 2.56. The number of Topliss-reactive ketones (excluding diaryl/α,β-unsaturated/α-hetero) is 4. The third-order valence-corrected chi connectivity index (χ3v) is 8.98. The number of carbonyl (C=O) groups is 4. The van der Waals surface area contributed by atoms with E-state index in [1.807, 2.05) is 36.6 Å². The number of benzene rings is 3. The molecule has 2 spiro atoms. The van der Waals surface area contributed by atoms with Crippen LogP contribution in [0, 0.1) is 12.3 Å².